The van der Waals surface area contributed by atoms with E-state index in [9.17, 15) is 4.79 Å². The molecular weight excluding hydrogens is 214 g/mol. The number of nitrogens with zero attached hydrogens (tertiary/aromatic N) is 1. The van der Waals surface area contributed by atoms with Gasteiger partial charge >= 0.3 is 0 Å². The number of carbonyl (C=O) groups excluding carboxylic acids is 1. The SMILES string of the molecule is C[C@H](NC(=O)[C@@H]1CNC[C@H]1C)c1cccnc1. The van der Waals surface area contributed by atoms with Crippen LogP contribution in [0.2, 0.25) is 0 Å². The van der Waals surface area contributed by atoms with Crippen LogP contribution < -0.4 is 10.6 Å². The van der Waals surface area contributed by atoms with Crippen molar-refractivity contribution in [2.24, 2.45) is 11.8 Å². The highest BCUT2D eigenvalue weighted by Gasteiger charge is 2.30. The average molecular weight is 233 g/mol. The molecule has 1 aromatic rings. The Balaban J connectivity index is 1.95. The summed E-state index contributed by atoms with van der Waals surface area (Å²) in [7, 11) is 0. The minimum Gasteiger partial charge on any atom is -0.349 e. The number of nitrogens with one attached hydrogen (secondary N) is 2. The van der Waals surface area contributed by atoms with Crippen LogP contribution in [-0.4, -0.2) is 24.0 Å². The molecule has 1 aliphatic rings. The number of amides is 1. The second-order valence-electron chi connectivity index (χ2n) is 4.76. The van der Waals surface area contributed by atoms with Gasteiger partial charge in [-0.25, -0.2) is 0 Å². The van der Waals surface area contributed by atoms with Crippen molar-refractivity contribution >= 4 is 5.91 Å². The molecule has 0 saturated carbocycles. The summed E-state index contributed by atoms with van der Waals surface area (Å²) in [4.78, 5) is 16.1. The Labute approximate surface area is 102 Å². The first-order chi connectivity index (χ1) is 8.18. The Hall–Kier alpha value is -1.42. The van der Waals surface area contributed by atoms with E-state index in [4.69, 9.17) is 0 Å². The number of aromatic nitrogens is 1. The Bertz CT molecular complexity index is 380. The zero-order valence-corrected chi connectivity index (χ0v) is 10.3. The topological polar surface area (TPSA) is 54.0 Å². The van der Waals surface area contributed by atoms with E-state index in [1.54, 1.807) is 12.4 Å². The largest absolute Gasteiger partial charge is 0.349 e. The van der Waals surface area contributed by atoms with E-state index in [0.717, 1.165) is 18.7 Å². The van der Waals surface area contributed by atoms with Crippen molar-refractivity contribution < 1.29 is 4.79 Å². The second kappa shape index (κ2) is 5.27. The van der Waals surface area contributed by atoms with E-state index in [-0.39, 0.29) is 17.9 Å². The standard InChI is InChI=1S/C13H19N3O/c1-9-6-15-8-12(9)13(17)16-10(2)11-4-3-5-14-7-11/h3-5,7,9-10,12,15H,6,8H2,1-2H3,(H,16,17)/t9-,10+,12-/m1/s1. The predicted octanol–water partition coefficient (Wildman–Crippen LogP) is 1.11. The molecular formula is C13H19N3O. The Morgan fingerprint density at radius 3 is 3.00 bits per heavy atom. The fraction of sp³-hybridized carbons (Fsp3) is 0.538. The third kappa shape index (κ3) is 2.82. The highest BCUT2D eigenvalue weighted by Crippen LogP contribution is 2.18. The molecule has 1 amide bonds. The average Bonchev–Trinajstić information content (AvgIpc) is 2.76. The molecule has 4 heteroatoms. The molecule has 2 heterocycles. The highest BCUT2D eigenvalue weighted by molar-refractivity contribution is 5.80. The maximum absolute atomic E-state index is 12.1. The molecule has 3 atom stereocenters. The van der Waals surface area contributed by atoms with E-state index in [1.165, 1.54) is 0 Å². The normalized spacial score (nSPS) is 25.5. The van der Waals surface area contributed by atoms with Gasteiger partial charge in [-0.05, 0) is 31.0 Å². The van der Waals surface area contributed by atoms with Crippen LogP contribution in [0.4, 0.5) is 0 Å². The van der Waals surface area contributed by atoms with Gasteiger partial charge in [0.1, 0.15) is 0 Å². The summed E-state index contributed by atoms with van der Waals surface area (Å²) < 4.78 is 0. The molecule has 0 unspecified atom stereocenters. The molecule has 2 N–H and O–H groups in total. The Morgan fingerprint density at radius 2 is 2.41 bits per heavy atom. The number of hydrogen-bond donors (Lipinski definition) is 2. The maximum atomic E-state index is 12.1. The molecule has 1 fully saturated rings. The first-order valence-corrected chi connectivity index (χ1v) is 6.09. The Kier molecular flexibility index (Phi) is 3.74. The lowest BCUT2D eigenvalue weighted by Gasteiger charge is -2.19. The van der Waals surface area contributed by atoms with Crippen molar-refractivity contribution in [1.29, 1.82) is 0 Å². The third-order valence-electron chi connectivity index (χ3n) is 3.40. The highest BCUT2D eigenvalue weighted by atomic mass is 16.2. The van der Waals surface area contributed by atoms with E-state index >= 15 is 0 Å². The van der Waals surface area contributed by atoms with Crippen molar-refractivity contribution in [2.45, 2.75) is 19.9 Å². The van der Waals surface area contributed by atoms with Gasteiger partial charge in [0.25, 0.3) is 0 Å². The monoisotopic (exact) mass is 233 g/mol. The quantitative estimate of drug-likeness (QED) is 0.822. The van der Waals surface area contributed by atoms with E-state index in [2.05, 4.69) is 22.5 Å². The lowest BCUT2D eigenvalue weighted by molar-refractivity contribution is -0.126. The maximum Gasteiger partial charge on any atom is 0.225 e. The van der Waals surface area contributed by atoms with E-state index in [0.29, 0.717) is 5.92 Å². The predicted molar refractivity (Wildman–Crippen MR) is 66.3 cm³/mol. The molecule has 1 saturated heterocycles. The molecule has 4 nitrogen and oxygen atoms in total. The van der Waals surface area contributed by atoms with Gasteiger partial charge in [-0.1, -0.05) is 13.0 Å². The molecule has 1 aliphatic heterocycles. The number of carbonyl (C=O) groups is 1. The molecule has 0 spiro atoms. The minimum atomic E-state index is 0.0176. The van der Waals surface area contributed by atoms with Gasteiger partial charge in [0, 0.05) is 18.9 Å². The van der Waals surface area contributed by atoms with Crippen molar-refractivity contribution in [3.63, 3.8) is 0 Å². The first-order valence-electron chi connectivity index (χ1n) is 6.09. The van der Waals surface area contributed by atoms with Gasteiger partial charge in [0.05, 0.1) is 12.0 Å². The number of hydrogen-bond acceptors (Lipinski definition) is 3. The molecule has 17 heavy (non-hydrogen) atoms. The minimum absolute atomic E-state index is 0.0176. The van der Waals surface area contributed by atoms with Crippen molar-refractivity contribution in [3.05, 3.63) is 30.1 Å². The smallest absolute Gasteiger partial charge is 0.225 e. The molecule has 92 valence electrons. The van der Waals surface area contributed by atoms with Crippen LogP contribution in [0.1, 0.15) is 25.5 Å². The van der Waals surface area contributed by atoms with Gasteiger partial charge in [-0.15, -0.1) is 0 Å². The van der Waals surface area contributed by atoms with Crippen LogP contribution in [0.3, 0.4) is 0 Å². The fourth-order valence-electron chi connectivity index (χ4n) is 2.20. The van der Waals surface area contributed by atoms with Crippen LogP contribution >= 0.6 is 0 Å². The summed E-state index contributed by atoms with van der Waals surface area (Å²) in [6.45, 7) is 5.81. The van der Waals surface area contributed by atoms with Crippen LogP contribution in [0.5, 0.6) is 0 Å². The summed E-state index contributed by atoms with van der Waals surface area (Å²) in [6.07, 6.45) is 3.53. The summed E-state index contributed by atoms with van der Waals surface area (Å²) in [5.74, 6) is 0.643. The zero-order chi connectivity index (χ0) is 12.3. The molecule has 1 aromatic heterocycles. The second-order valence-corrected chi connectivity index (χ2v) is 4.76. The molecule has 0 aromatic carbocycles. The van der Waals surface area contributed by atoms with Gasteiger partial charge in [0.2, 0.25) is 5.91 Å². The van der Waals surface area contributed by atoms with E-state index in [1.807, 2.05) is 19.1 Å². The zero-order valence-electron chi connectivity index (χ0n) is 10.3. The van der Waals surface area contributed by atoms with Crippen molar-refractivity contribution in [3.8, 4) is 0 Å². The summed E-state index contributed by atoms with van der Waals surface area (Å²) in [6, 6.07) is 3.88. The summed E-state index contributed by atoms with van der Waals surface area (Å²) in [5, 5.41) is 6.29. The van der Waals surface area contributed by atoms with Crippen LogP contribution in [0.15, 0.2) is 24.5 Å². The van der Waals surface area contributed by atoms with Crippen LogP contribution in [-0.2, 0) is 4.79 Å². The first kappa shape index (κ1) is 12.0. The van der Waals surface area contributed by atoms with Crippen LogP contribution in [0, 0.1) is 11.8 Å². The lowest BCUT2D eigenvalue weighted by Crippen LogP contribution is -2.35. The third-order valence-corrected chi connectivity index (χ3v) is 3.40. The lowest BCUT2D eigenvalue weighted by atomic mass is 9.96. The Morgan fingerprint density at radius 1 is 1.59 bits per heavy atom. The van der Waals surface area contributed by atoms with Crippen molar-refractivity contribution in [2.75, 3.05) is 13.1 Å². The molecule has 0 bridgehead atoms. The number of rotatable bonds is 3. The van der Waals surface area contributed by atoms with Gasteiger partial charge in [-0.2, -0.15) is 0 Å². The van der Waals surface area contributed by atoms with Crippen molar-refractivity contribution in [1.82, 2.24) is 15.6 Å². The van der Waals surface area contributed by atoms with Gasteiger partial charge in [-0.3, -0.25) is 9.78 Å². The van der Waals surface area contributed by atoms with Gasteiger partial charge < -0.3 is 10.6 Å². The molecule has 0 aliphatic carbocycles. The molecule has 0 radical (unpaired) electrons. The summed E-state index contributed by atoms with van der Waals surface area (Å²) in [5.41, 5.74) is 1.04. The fourth-order valence-corrected chi connectivity index (χ4v) is 2.20. The summed E-state index contributed by atoms with van der Waals surface area (Å²) >= 11 is 0. The van der Waals surface area contributed by atoms with Gasteiger partial charge in [0.15, 0.2) is 0 Å². The number of pyridine rings is 1. The molecule has 2 rings (SSSR count). The van der Waals surface area contributed by atoms with E-state index < -0.39 is 0 Å². The van der Waals surface area contributed by atoms with Crippen LogP contribution in [0.25, 0.3) is 0 Å².